The summed E-state index contributed by atoms with van der Waals surface area (Å²) in [4.78, 5) is 0. The Hall–Kier alpha value is -0.450. The van der Waals surface area contributed by atoms with Crippen LogP contribution in [-0.2, 0) is 9.84 Å². The van der Waals surface area contributed by atoms with Gasteiger partial charge in [0.25, 0.3) is 0 Å². The molecule has 3 atom stereocenters. The second-order valence-electron chi connectivity index (χ2n) is 2.86. The number of hydrogen-bond donors (Lipinski definition) is 0. The minimum absolute atomic E-state index is 0.119. The van der Waals surface area contributed by atoms with E-state index < -0.39 is 15.2 Å². The molecule has 0 N–H and O–H groups in total. The summed E-state index contributed by atoms with van der Waals surface area (Å²) in [6, 6.07) is 0.119. The first-order valence-corrected chi connectivity index (χ1v) is 4.94. The van der Waals surface area contributed by atoms with Crippen molar-refractivity contribution in [3.8, 4) is 0 Å². The van der Waals surface area contributed by atoms with Crippen molar-refractivity contribution in [2.24, 2.45) is 16.1 Å². The summed E-state index contributed by atoms with van der Waals surface area (Å²) < 4.78 is 21.8. The van der Waals surface area contributed by atoms with Crippen molar-refractivity contribution >= 4 is 9.84 Å². The molecule has 2 aliphatic rings. The first-order chi connectivity index (χ1) is 4.61. The van der Waals surface area contributed by atoms with Gasteiger partial charge >= 0.3 is 0 Å². The number of rotatable bonds is 0. The normalized spacial score (nSPS) is 48.3. The second-order valence-corrected chi connectivity index (χ2v) is 5.00. The van der Waals surface area contributed by atoms with Crippen LogP contribution in [0, 0.1) is 5.92 Å². The van der Waals surface area contributed by atoms with Crippen LogP contribution in [0.5, 0.6) is 0 Å². The molecular formula is C5H8N2O2S. The summed E-state index contributed by atoms with van der Waals surface area (Å²) in [7, 11) is -2.85. The fourth-order valence-corrected chi connectivity index (χ4v) is 3.28. The quantitative estimate of drug-likeness (QED) is 0.508. The molecule has 4 nitrogen and oxygen atoms in total. The number of azo groups is 1. The van der Waals surface area contributed by atoms with Crippen molar-refractivity contribution in [2.45, 2.75) is 18.3 Å². The highest BCUT2D eigenvalue weighted by Crippen LogP contribution is 2.37. The third-order valence-corrected chi connectivity index (χ3v) is 4.17. The van der Waals surface area contributed by atoms with E-state index in [4.69, 9.17) is 0 Å². The molecule has 0 unspecified atom stereocenters. The Bertz CT molecular complexity index is 282. The summed E-state index contributed by atoms with van der Waals surface area (Å²) in [6.07, 6.45) is 0. The predicted octanol–water partition coefficient (Wildman–Crippen LogP) is 0.211. The van der Waals surface area contributed by atoms with Crippen molar-refractivity contribution in [1.82, 2.24) is 0 Å². The van der Waals surface area contributed by atoms with Gasteiger partial charge in [-0.25, -0.2) is 8.42 Å². The zero-order valence-electron chi connectivity index (χ0n) is 5.56. The highest BCUT2D eigenvalue weighted by molar-refractivity contribution is 7.93. The van der Waals surface area contributed by atoms with Gasteiger partial charge in [0.15, 0.2) is 15.2 Å². The Morgan fingerprint density at radius 2 is 2.10 bits per heavy atom. The molecule has 0 aromatic rings. The third-order valence-electron chi connectivity index (χ3n) is 2.14. The van der Waals surface area contributed by atoms with Gasteiger partial charge in [-0.15, -0.1) is 0 Å². The van der Waals surface area contributed by atoms with Gasteiger partial charge in [-0.05, 0) is 6.92 Å². The van der Waals surface area contributed by atoms with E-state index in [0.29, 0.717) is 0 Å². The van der Waals surface area contributed by atoms with Crippen molar-refractivity contribution in [3.63, 3.8) is 0 Å². The average Bonchev–Trinajstić information content (AvgIpc) is 2.09. The minimum atomic E-state index is -2.85. The zero-order valence-corrected chi connectivity index (χ0v) is 6.37. The van der Waals surface area contributed by atoms with Gasteiger partial charge in [-0.3, -0.25) is 0 Å². The van der Waals surface area contributed by atoms with Gasteiger partial charge in [-0.2, -0.15) is 10.2 Å². The molecule has 0 aromatic heterocycles. The van der Waals surface area contributed by atoms with Gasteiger partial charge in [0.1, 0.15) is 0 Å². The molecule has 0 saturated carbocycles. The van der Waals surface area contributed by atoms with Crippen LogP contribution in [0.3, 0.4) is 0 Å². The van der Waals surface area contributed by atoms with Gasteiger partial charge < -0.3 is 0 Å². The Kier molecular flexibility index (Phi) is 0.993. The molecule has 2 aliphatic heterocycles. The van der Waals surface area contributed by atoms with Crippen LogP contribution >= 0.6 is 0 Å². The predicted molar refractivity (Wildman–Crippen MR) is 35.4 cm³/mol. The fraction of sp³-hybridized carbons (Fsp3) is 1.00. The number of fused-ring (bicyclic) bond motifs is 1. The standard InChI is InChI=1S/C5H8N2O2S/c1-3-4-2-10(8,9)5(4)7-6-3/h3-5H,2H2,1H3/t3-,4-,5-/m0/s1. The Morgan fingerprint density at radius 3 is 2.50 bits per heavy atom. The fourth-order valence-electron chi connectivity index (χ4n) is 1.38. The van der Waals surface area contributed by atoms with Crippen LogP contribution in [0.15, 0.2) is 10.2 Å². The molecule has 0 radical (unpaired) electrons. The van der Waals surface area contributed by atoms with Crippen LogP contribution in [0.4, 0.5) is 0 Å². The van der Waals surface area contributed by atoms with E-state index in [1.165, 1.54) is 0 Å². The third kappa shape index (κ3) is 0.584. The average molecular weight is 160 g/mol. The summed E-state index contributed by atoms with van der Waals surface area (Å²) in [5.74, 6) is 0.469. The lowest BCUT2D eigenvalue weighted by Crippen LogP contribution is -2.46. The van der Waals surface area contributed by atoms with E-state index in [2.05, 4.69) is 10.2 Å². The SMILES string of the molecule is C[C@@H]1N=N[C@@H]2[C@H]1CS2(=O)=O. The molecule has 0 aromatic carbocycles. The van der Waals surface area contributed by atoms with E-state index >= 15 is 0 Å². The molecule has 0 amide bonds. The van der Waals surface area contributed by atoms with Gasteiger partial charge in [0, 0.05) is 5.92 Å². The molecule has 0 spiro atoms. The van der Waals surface area contributed by atoms with E-state index in [9.17, 15) is 8.42 Å². The molecule has 0 aliphatic carbocycles. The van der Waals surface area contributed by atoms with Crippen molar-refractivity contribution in [1.29, 1.82) is 0 Å². The van der Waals surface area contributed by atoms with Crippen molar-refractivity contribution in [2.75, 3.05) is 5.75 Å². The molecule has 2 rings (SSSR count). The molecule has 1 saturated heterocycles. The van der Waals surface area contributed by atoms with Crippen LogP contribution in [0.25, 0.3) is 0 Å². The van der Waals surface area contributed by atoms with Crippen LogP contribution in [0.1, 0.15) is 6.92 Å². The Balaban J connectivity index is 2.32. The topological polar surface area (TPSA) is 58.9 Å². The summed E-state index contributed by atoms with van der Waals surface area (Å²) >= 11 is 0. The van der Waals surface area contributed by atoms with E-state index in [1.807, 2.05) is 6.92 Å². The molecule has 1 fully saturated rings. The number of hydrogen-bond acceptors (Lipinski definition) is 4. The van der Waals surface area contributed by atoms with Gasteiger partial charge in [0.2, 0.25) is 0 Å². The Labute approximate surface area is 59.3 Å². The van der Waals surface area contributed by atoms with Crippen LogP contribution in [0.2, 0.25) is 0 Å². The molecule has 5 heteroatoms. The summed E-state index contributed by atoms with van der Waals surface area (Å²) in [6.45, 7) is 1.91. The smallest absolute Gasteiger partial charge is 0.177 e. The molecule has 10 heavy (non-hydrogen) atoms. The minimum Gasteiger partial charge on any atom is -0.227 e. The number of sulfone groups is 1. The van der Waals surface area contributed by atoms with Crippen molar-refractivity contribution in [3.05, 3.63) is 0 Å². The molecule has 0 bridgehead atoms. The maximum atomic E-state index is 10.9. The molecule has 56 valence electrons. The highest BCUT2D eigenvalue weighted by Gasteiger charge is 2.52. The van der Waals surface area contributed by atoms with Crippen molar-refractivity contribution < 1.29 is 8.42 Å². The lowest BCUT2D eigenvalue weighted by atomic mass is 10.1. The van der Waals surface area contributed by atoms with Gasteiger partial charge in [-0.1, -0.05) is 0 Å². The molecule has 2 heterocycles. The maximum Gasteiger partial charge on any atom is 0.177 e. The summed E-state index contributed by atoms with van der Waals surface area (Å²) in [5.41, 5.74) is 0. The zero-order chi connectivity index (χ0) is 7.35. The lowest BCUT2D eigenvalue weighted by molar-refractivity contribution is 0.453. The Morgan fingerprint density at radius 1 is 1.40 bits per heavy atom. The first-order valence-electron chi connectivity index (χ1n) is 3.23. The van der Waals surface area contributed by atoms with Crippen LogP contribution < -0.4 is 0 Å². The van der Waals surface area contributed by atoms with Gasteiger partial charge in [0.05, 0.1) is 11.8 Å². The van der Waals surface area contributed by atoms with E-state index in [-0.39, 0.29) is 17.7 Å². The molecular weight excluding hydrogens is 152 g/mol. The monoisotopic (exact) mass is 160 g/mol. The second kappa shape index (κ2) is 1.58. The largest absolute Gasteiger partial charge is 0.227 e. The summed E-state index contributed by atoms with van der Waals surface area (Å²) in [5, 5.41) is 6.99. The lowest BCUT2D eigenvalue weighted by Gasteiger charge is -2.28. The highest BCUT2D eigenvalue weighted by atomic mass is 32.2. The van der Waals surface area contributed by atoms with Crippen LogP contribution in [-0.4, -0.2) is 25.6 Å². The first kappa shape index (κ1) is 6.27. The number of nitrogens with zero attached hydrogens (tertiary/aromatic N) is 2. The van der Waals surface area contributed by atoms with E-state index in [0.717, 1.165) is 0 Å². The maximum absolute atomic E-state index is 10.9. The van der Waals surface area contributed by atoms with E-state index in [1.54, 1.807) is 0 Å².